The molecule has 10 atom stereocenters. The first-order valence-corrected chi connectivity index (χ1v) is 22.7. The van der Waals surface area contributed by atoms with Crippen molar-refractivity contribution in [1.82, 2.24) is 14.5 Å². The fourth-order valence-corrected chi connectivity index (χ4v) is 15.1. The van der Waals surface area contributed by atoms with E-state index < -0.39 is 21.4 Å². The van der Waals surface area contributed by atoms with Crippen LogP contribution in [-0.2, 0) is 24.3 Å². The van der Waals surface area contributed by atoms with Crippen molar-refractivity contribution < 1.29 is 27.9 Å². The number of nitrogens with zero attached hydrogens (tertiary/aromatic N) is 2. The molecule has 0 aromatic heterocycles. The zero-order chi connectivity index (χ0) is 38.3. The number of piperazine rings is 1. The van der Waals surface area contributed by atoms with Gasteiger partial charge in [0, 0.05) is 50.2 Å². The van der Waals surface area contributed by atoms with E-state index in [2.05, 4.69) is 58.7 Å². The Hall–Kier alpha value is -1.23. The van der Waals surface area contributed by atoms with Gasteiger partial charge in [0.25, 0.3) is 0 Å². The third-order valence-electron chi connectivity index (χ3n) is 17.4. The third kappa shape index (κ3) is 6.61. The summed E-state index contributed by atoms with van der Waals surface area (Å²) in [5.74, 6) is 2.52. The molecule has 10 heteroatoms. The van der Waals surface area contributed by atoms with Gasteiger partial charge in [-0.05, 0) is 130 Å². The molecule has 0 amide bonds. The topological polar surface area (TPSA) is 116 Å². The molecule has 9 nitrogen and oxygen atoms in total. The maximum Gasteiger partial charge on any atom is 0.309 e. The molecule has 6 aliphatic rings. The van der Waals surface area contributed by atoms with Crippen LogP contribution in [0.15, 0.2) is 0 Å². The lowest BCUT2D eigenvalue weighted by Crippen LogP contribution is -2.69. The second kappa shape index (κ2) is 13.8. The van der Waals surface area contributed by atoms with Crippen molar-refractivity contribution in [1.29, 1.82) is 0 Å². The molecule has 6 rings (SSSR count). The Labute approximate surface area is 316 Å². The Kier molecular flexibility index (Phi) is 10.7. The van der Waals surface area contributed by atoms with E-state index >= 15 is 0 Å². The minimum Gasteiger partial charge on any atom is -0.481 e. The van der Waals surface area contributed by atoms with Crippen molar-refractivity contribution in [3.8, 4) is 0 Å². The van der Waals surface area contributed by atoms with Crippen molar-refractivity contribution in [3.63, 3.8) is 0 Å². The number of ether oxygens (including phenoxy) is 1. The van der Waals surface area contributed by atoms with Crippen LogP contribution in [0.3, 0.4) is 0 Å². The maximum atomic E-state index is 13.1. The molecule has 1 aliphatic heterocycles. The molecule has 5 saturated carbocycles. The molecule has 52 heavy (non-hydrogen) atoms. The van der Waals surface area contributed by atoms with E-state index in [1.807, 2.05) is 0 Å². The highest BCUT2D eigenvalue weighted by Crippen LogP contribution is 2.76. The van der Waals surface area contributed by atoms with Crippen LogP contribution in [0.4, 0.5) is 0 Å². The zero-order valence-electron chi connectivity index (χ0n) is 34.4. The normalized spacial score (nSPS) is 42.5. The van der Waals surface area contributed by atoms with Gasteiger partial charge in [0.1, 0.15) is 6.10 Å². The number of carboxylic acid groups (broad SMARTS) is 1. The number of hydrogen-bond donors (Lipinski definition) is 2. The molecule has 1 saturated heterocycles. The maximum absolute atomic E-state index is 13.1. The molecule has 0 spiro atoms. The van der Waals surface area contributed by atoms with Gasteiger partial charge in [-0.1, -0.05) is 48.5 Å². The van der Waals surface area contributed by atoms with E-state index in [0.717, 1.165) is 51.4 Å². The number of sulfonamides is 1. The van der Waals surface area contributed by atoms with Gasteiger partial charge in [0.15, 0.2) is 0 Å². The summed E-state index contributed by atoms with van der Waals surface area (Å²) in [5.41, 5.74) is -0.418. The summed E-state index contributed by atoms with van der Waals surface area (Å²) in [6.45, 7) is 25.5. The molecule has 6 fully saturated rings. The molecule has 5 aliphatic carbocycles. The first-order valence-electron chi connectivity index (χ1n) is 20.9. The van der Waals surface area contributed by atoms with Crippen LogP contribution in [0.5, 0.6) is 0 Å². The van der Waals surface area contributed by atoms with Crippen LogP contribution in [-0.4, -0.2) is 91.8 Å². The number of carboxylic acids is 1. The standard InChI is InChI=1S/C42H73N3O6S/c1-28(2)29-13-18-42(43-21-22-44-23-25-45(26-24-44)52(10,49)50)20-19-40(8)30(35(29)42)11-12-32-39(7)16-15-33(51-34(46)27-37(3,4)36(47)48)38(5,6)31(39)14-17-41(32,40)9/h28-33,35,43H,11-27H2,1-10H3,(H,47,48)/t29-,30+,31-,32+,33-,35+,39-,40+,41+,42-/m0/s1. The number of hydrogen-bond acceptors (Lipinski definition) is 7. The molecular formula is C42H73N3O6S. The average molecular weight is 748 g/mol. The molecular weight excluding hydrogens is 675 g/mol. The molecule has 2 N–H and O–H groups in total. The van der Waals surface area contributed by atoms with E-state index in [4.69, 9.17) is 4.74 Å². The highest BCUT2D eigenvalue weighted by molar-refractivity contribution is 7.88. The van der Waals surface area contributed by atoms with E-state index in [-0.39, 0.29) is 45.7 Å². The third-order valence-corrected chi connectivity index (χ3v) is 18.7. The van der Waals surface area contributed by atoms with Crippen LogP contribution in [0, 0.1) is 62.6 Å². The van der Waals surface area contributed by atoms with Gasteiger partial charge in [-0.3, -0.25) is 14.5 Å². The summed E-state index contributed by atoms with van der Waals surface area (Å²) in [5, 5.41) is 13.9. The zero-order valence-corrected chi connectivity index (χ0v) is 35.2. The lowest BCUT2D eigenvalue weighted by Gasteiger charge is -2.73. The molecule has 0 aromatic carbocycles. The van der Waals surface area contributed by atoms with Gasteiger partial charge in [-0.25, -0.2) is 8.42 Å². The van der Waals surface area contributed by atoms with Crippen molar-refractivity contribution in [2.75, 3.05) is 45.5 Å². The van der Waals surface area contributed by atoms with Gasteiger partial charge < -0.3 is 15.2 Å². The summed E-state index contributed by atoms with van der Waals surface area (Å²) in [4.78, 5) is 27.3. The SMILES string of the molecule is CC(C)[C@@H]1CC[C@]2(NCCN3CCN(S(C)(=O)=O)CC3)CC[C@]3(C)[C@H](CC[C@@H]4[C@@]5(C)CC[C@H](OC(=O)CC(C)(C)C(=O)O)C(C)(C)[C@@H]5CC[C@]43C)[C@@H]12. The predicted molar refractivity (Wildman–Crippen MR) is 206 cm³/mol. The van der Waals surface area contributed by atoms with Crippen LogP contribution >= 0.6 is 0 Å². The summed E-state index contributed by atoms with van der Waals surface area (Å²) in [6, 6.07) is 0. The Morgan fingerprint density at radius 3 is 2.15 bits per heavy atom. The number of carbonyl (C=O) groups is 2. The van der Waals surface area contributed by atoms with Gasteiger partial charge in [-0.2, -0.15) is 4.31 Å². The minimum absolute atomic E-state index is 0.103. The molecule has 0 radical (unpaired) electrons. The Balaban J connectivity index is 1.18. The van der Waals surface area contributed by atoms with Crippen molar-refractivity contribution in [2.24, 2.45) is 62.6 Å². The van der Waals surface area contributed by atoms with Crippen molar-refractivity contribution in [3.05, 3.63) is 0 Å². The lowest BCUT2D eigenvalue weighted by atomic mass is 9.32. The summed E-state index contributed by atoms with van der Waals surface area (Å²) >= 11 is 0. The number of rotatable bonds is 10. The Morgan fingerprint density at radius 1 is 0.865 bits per heavy atom. The van der Waals surface area contributed by atoms with E-state index in [0.29, 0.717) is 42.7 Å². The van der Waals surface area contributed by atoms with Crippen LogP contribution in [0.1, 0.15) is 133 Å². The van der Waals surface area contributed by atoms with Gasteiger partial charge in [0.05, 0.1) is 18.1 Å². The predicted octanol–water partition coefficient (Wildman–Crippen LogP) is 7.06. The molecule has 0 bridgehead atoms. The Morgan fingerprint density at radius 2 is 1.54 bits per heavy atom. The number of carbonyl (C=O) groups excluding carboxylic acids is 1. The van der Waals surface area contributed by atoms with E-state index in [9.17, 15) is 23.1 Å². The van der Waals surface area contributed by atoms with Crippen molar-refractivity contribution in [2.45, 2.75) is 145 Å². The number of esters is 1. The second-order valence-electron chi connectivity index (χ2n) is 20.9. The van der Waals surface area contributed by atoms with Crippen LogP contribution in [0.25, 0.3) is 0 Å². The number of nitrogens with one attached hydrogen (secondary N) is 1. The fourth-order valence-electron chi connectivity index (χ4n) is 14.3. The minimum atomic E-state index is -3.12. The summed E-state index contributed by atoms with van der Waals surface area (Å²) < 4.78 is 31.9. The smallest absolute Gasteiger partial charge is 0.309 e. The largest absolute Gasteiger partial charge is 0.481 e. The summed E-state index contributed by atoms with van der Waals surface area (Å²) in [7, 11) is -3.12. The first kappa shape index (κ1) is 40.4. The number of fused-ring (bicyclic) bond motifs is 7. The average Bonchev–Trinajstić information content (AvgIpc) is 3.42. The van der Waals surface area contributed by atoms with Crippen LogP contribution in [0.2, 0.25) is 0 Å². The number of aliphatic carboxylic acids is 1. The second-order valence-corrected chi connectivity index (χ2v) is 22.9. The van der Waals surface area contributed by atoms with E-state index in [1.165, 1.54) is 51.2 Å². The highest BCUT2D eigenvalue weighted by Gasteiger charge is 2.71. The van der Waals surface area contributed by atoms with Crippen LogP contribution < -0.4 is 5.32 Å². The Bertz CT molecular complexity index is 1470. The fraction of sp³-hybridized carbons (Fsp3) is 0.952. The van der Waals surface area contributed by atoms with Crippen molar-refractivity contribution >= 4 is 22.0 Å². The van der Waals surface area contributed by atoms with Gasteiger partial charge in [-0.15, -0.1) is 0 Å². The summed E-state index contributed by atoms with van der Waals surface area (Å²) in [6.07, 6.45) is 13.0. The molecule has 0 unspecified atom stereocenters. The molecule has 298 valence electrons. The highest BCUT2D eigenvalue weighted by atomic mass is 32.2. The monoisotopic (exact) mass is 748 g/mol. The lowest BCUT2D eigenvalue weighted by molar-refractivity contribution is -0.247. The molecule has 0 aromatic rings. The van der Waals surface area contributed by atoms with Gasteiger partial charge in [0.2, 0.25) is 10.0 Å². The van der Waals surface area contributed by atoms with Gasteiger partial charge >= 0.3 is 11.9 Å². The molecule has 1 heterocycles. The van der Waals surface area contributed by atoms with E-state index in [1.54, 1.807) is 18.2 Å². The quantitative estimate of drug-likeness (QED) is 0.229. The first-order chi connectivity index (χ1) is 24.0.